The van der Waals surface area contributed by atoms with Crippen molar-refractivity contribution in [2.75, 3.05) is 18.5 Å². The van der Waals surface area contributed by atoms with E-state index in [1.165, 1.54) is 18.6 Å². The van der Waals surface area contributed by atoms with Gasteiger partial charge < -0.3 is 25.8 Å². The molecule has 0 bridgehead atoms. The summed E-state index contributed by atoms with van der Waals surface area (Å²) in [6, 6.07) is 1.50. The molecule has 1 aromatic carbocycles. The first-order valence-electron chi connectivity index (χ1n) is 9.79. The predicted molar refractivity (Wildman–Crippen MR) is 106 cm³/mol. The highest BCUT2D eigenvalue weighted by atomic mass is 19.1. The highest BCUT2D eigenvalue weighted by Gasteiger charge is 2.32. The van der Waals surface area contributed by atoms with Crippen molar-refractivity contribution in [2.45, 2.75) is 37.5 Å². The molecular formula is C20H23F2N5O4. The molecule has 3 rings (SSSR count). The van der Waals surface area contributed by atoms with Crippen molar-refractivity contribution in [3.63, 3.8) is 0 Å². The third-order valence-electron chi connectivity index (χ3n) is 4.84. The summed E-state index contributed by atoms with van der Waals surface area (Å²) in [5.41, 5.74) is -0.0724. The maximum atomic E-state index is 13.7. The van der Waals surface area contributed by atoms with Crippen molar-refractivity contribution >= 4 is 17.6 Å². The minimum atomic E-state index is -0.765. The van der Waals surface area contributed by atoms with Crippen molar-refractivity contribution in [1.29, 1.82) is 0 Å². The van der Waals surface area contributed by atoms with Crippen molar-refractivity contribution in [3.05, 3.63) is 54.1 Å². The number of aliphatic hydroxyl groups excluding tert-OH is 1. The van der Waals surface area contributed by atoms with Crippen LogP contribution in [0.15, 0.2) is 36.8 Å². The van der Waals surface area contributed by atoms with Gasteiger partial charge in [-0.15, -0.1) is 0 Å². The lowest BCUT2D eigenvalue weighted by atomic mass is 9.97. The van der Waals surface area contributed by atoms with Crippen LogP contribution in [0.3, 0.4) is 0 Å². The van der Waals surface area contributed by atoms with Crippen LogP contribution in [0.1, 0.15) is 29.8 Å². The number of nitrogens with zero attached hydrogens (tertiary/aromatic N) is 2. The lowest BCUT2D eigenvalue weighted by Crippen LogP contribution is -2.52. The zero-order chi connectivity index (χ0) is 22.2. The van der Waals surface area contributed by atoms with Gasteiger partial charge in [0, 0.05) is 25.0 Å². The van der Waals surface area contributed by atoms with E-state index in [9.17, 15) is 23.5 Å². The van der Waals surface area contributed by atoms with E-state index in [0.29, 0.717) is 25.8 Å². The number of carbonyl (C=O) groups is 2. The van der Waals surface area contributed by atoms with Gasteiger partial charge in [-0.1, -0.05) is 0 Å². The van der Waals surface area contributed by atoms with Crippen molar-refractivity contribution in [2.24, 2.45) is 0 Å². The number of hydrogen-bond donors (Lipinski definition) is 4. The van der Waals surface area contributed by atoms with Crippen LogP contribution in [-0.4, -0.2) is 58.4 Å². The fraction of sp³-hybridized carbons (Fsp3) is 0.400. The van der Waals surface area contributed by atoms with E-state index < -0.39 is 29.8 Å². The summed E-state index contributed by atoms with van der Waals surface area (Å²) in [6.45, 7) is 0.0113. The van der Waals surface area contributed by atoms with E-state index >= 15 is 0 Å². The topological polar surface area (TPSA) is 125 Å². The molecule has 1 aliphatic rings. The van der Waals surface area contributed by atoms with Crippen LogP contribution in [0.2, 0.25) is 0 Å². The molecule has 11 heteroatoms. The monoisotopic (exact) mass is 435 g/mol. The first-order chi connectivity index (χ1) is 15.0. The number of hydrogen-bond acceptors (Lipinski definition) is 6. The molecule has 0 radical (unpaired) electrons. The Bertz CT molecular complexity index is 902. The van der Waals surface area contributed by atoms with Crippen molar-refractivity contribution in [1.82, 2.24) is 20.6 Å². The normalized spacial score (nSPS) is 20.7. The number of aliphatic hydroxyl groups is 1. The van der Waals surface area contributed by atoms with Crippen LogP contribution < -0.4 is 16.0 Å². The van der Waals surface area contributed by atoms with Crippen LogP contribution >= 0.6 is 0 Å². The van der Waals surface area contributed by atoms with E-state index in [1.807, 2.05) is 0 Å². The second-order valence-electron chi connectivity index (χ2n) is 7.02. The summed E-state index contributed by atoms with van der Waals surface area (Å²) in [6.07, 6.45) is 4.97. The van der Waals surface area contributed by atoms with Gasteiger partial charge in [-0.2, -0.15) is 0 Å². The van der Waals surface area contributed by atoms with Crippen LogP contribution in [0.25, 0.3) is 0 Å². The number of anilines is 1. The molecule has 1 saturated heterocycles. The smallest absolute Gasteiger partial charge is 0.319 e. The van der Waals surface area contributed by atoms with Crippen LogP contribution in [0, 0.1) is 11.6 Å². The van der Waals surface area contributed by atoms with Gasteiger partial charge in [-0.25, -0.2) is 18.6 Å². The minimum Gasteiger partial charge on any atom is -0.394 e. The standard InChI is InChI=1S/C20H23F2N5O4/c21-12-1-3-14(22)16(9-12)27-20(30)26-15-4-2-13(31-18(15)11-28)5-6-25-19(29)17-10-23-7-8-24-17/h1,3,7-10,13,15,18,28H,2,4-6,11H2,(H,25,29)(H2,26,27,30)/t13-,15+,18+/m1/s1. The fourth-order valence-corrected chi connectivity index (χ4v) is 3.28. The average Bonchev–Trinajstić information content (AvgIpc) is 2.77. The SMILES string of the molecule is O=C(Nc1cc(F)ccc1F)N[C@H]1CC[C@H](CCNC(=O)c2cnccn2)O[C@H]1CO. The van der Waals surface area contributed by atoms with Crippen LogP contribution in [0.4, 0.5) is 19.3 Å². The summed E-state index contributed by atoms with van der Waals surface area (Å²) in [7, 11) is 0. The van der Waals surface area contributed by atoms with Gasteiger partial charge in [-0.05, 0) is 31.4 Å². The second-order valence-corrected chi connectivity index (χ2v) is 7.02. The second kappa shape index (κ2) is 10.7. The van der Waals surface area contributed by atoms with Gasteiger partial charge in [0.25, 0.3) is 5.91 Å². The maximum absolute atomic E-state index is 13.7. The molecule has 31 heavy (non-hydrogen) atoms. The zero-order valence-electron chi connectivity index (χ0n) is 16.6. The number of benzene rings is 1. The summed E-state index contributed by atoms with van der Waals surface area (Å²) in [5, 5.41) is 17.2. The third kappa shape index (κ3) is 6.40. The lowest BCUT2D eigenvalue weighted by molar-refractivity contribution is -0.0886. The number of carbonyl (C=O) groups excluding carboxylic acids is 2. The van der Waals surface area contributed by atoms with Gasteiger partial charge >= 0.3 is 6.03 Å². The molecule has 2 aromatic rings. The number of ether oxygens (including phenoxy) is 1. The zero-order valence-corrected chi connectivity index (χ0v) is 16.6. The molecule has 9 nitrogen and oxygen atoms in total. The molecule has 1 aliphatic heterocycles. The average molecular weight is 435 g/mol. The van der Waals surface area contributed by atoms with Gasteiger partial charge in [0.05, 0.1) is 30.6 Å². The van der Waals surface area contributed by atoms with E-state index in [-0.39, 0.29) is 30.0 Å². The number of amides is 3. The highest BCUT2D eigenvalue weighted by Crippen LogP contribution is 2.22. The Kier molecular flexibility index (Phi) is 7.79. The van der Waals surface area contributed by atoms with Crippen LogP contribution in [-0.2, 0) is 4.74 Å². The molecule has 2 heterocycles. The summed E-state index contributed by atoms with van der Waals surface area (Å²) in [5.74, 6) is -1.79. The Hall–Kier alpha value is -3.18. The number of urea groups is 1. The largest absolute Gasteiger partial charge is 0.394 e. The predicted octanol–water partition coefficient (Wildman–Crippen LogP) is 1.60. The van der Waals surface area contributed by atoms with E-state index in [1.54, 1.807) is 0 Å². The molecule has 0 unspecified atom stereocenters. The molecule has 3 atom stereocenters. The Morgan fingerprint density at radius 3 is 2.81 bits per heavy atom. The minimum absolute atomic E-state index is 0.213. The molecule has 4 N–H and O–H groups in total. The van der Waals surface area contributed by atoms with Crippen molar-refractivity contribution < 1.29 is 28.2 Å². The number of halogens is 2. The first-order valence-corrected chi connectivity index (χ1v) is 9.79. The Morgan fingerprint density at radius 1 is 1.23 bits per heavy atom. The molecular weight excluding hydrogens is 412 g/mol. The van der Waals surface area contributed by atoms with Crippen molar-refractivity contribution in [3.8, 4) is 0 Å². The molecule has 0 saturated carbocycles. The van der Waals surface area contributed by atoms with E-state index in [2.05, 4.69) is 25.9 Å². The highest BCUT2D eigenvalue weighted by molar-refractivity contribution is 5.91. The summed E-state index contributed by atoms with van der Waals surface area (Å²) < 4.78 is 32.7. The van der Waals surface area contributed by atoms with Gasteiger partial charge in [0.15, 0.2) is 0 Å². The molecule has 1 fully saturated rings. The van der Waals surface area contributed by atoms with Crippen LogP contribution in [0.5, 0.6) is 0 Å². The fourth-order valence-electron chi connectivity index (χ4n) is 3.28. The Labute approximate surface area is 177 Å². The van der Waals surface area contributed by atoms with Gasteiger partial charge in [0.2, 0.25) is 0 Å². The summed E-state index contributed by atoms with van der Waals surface area (Å²) >= 11 is 0. The Morgan fingerprint density at radius 2 is 2.06 bits per heavy atom. The molecule has 1 aromatic heterocycles. The van der Waals surface area contributed by atoms with Gasteiger partial charge in [0.1, 0.15) is 23.4 Å². The molecule has 3 amide bonds. The van der Waals surface area contributed by atoms with E-state index in [0.717, 1.165) is 18.2 Å². The number of aromatic nitrogens is 2. The third-order valence-corrected chi connectivity index (χ3v) is 4.84. The number of rotatable bonds is 7. The lowest BCUT2D eigenvalue weighted by Gasteiger charge is -2.36. The molecule has 0 aliphatic carbocycles. The maximum Gasteiger partial charge on any atom is 0.319 e. The summed E-state index contributed by atoms with van der Waals surface area (Å²) in [4.78, 5) is 31.9. The van der Waals surface area contributed by atoms with Gasteiger partial charge in [-0.3, -0.25) is 9.78 Å². The van der Waals surface area contributed by atoms with E-state index in [4.69, 9.17) is 4.74 Å². The Balaban J connectivity index is 1.45. The molecule has 166 valence electrons. The number of nitrogens with one attached hydrogen (secondary N) is 3. The quantitative estimate of drug-likeness (QED) is 0.524. The molecule has 0 spiro atoms. The first kappa shape index (κ1) is 22.5.